The lowest BCUT2D eigenvalue weighted by Crippen LogP contribution is -2.27. The summed E-state index contributed by atoms with van der Waals surface area (Å²) in [6.07, 6.45) is 1.06. The maximum absolute atomic E-state index is 12.8. The highest BCUT2D eigenvalue weighted by Crippen LogP contribution is 2.31. The van der Waals surface area contributed by atoms with Crippen LogP contribution in [0.15, 0.2) is 0 Å². The van der Waals surface area contributed by atoms with Crippen molar-refractivity contribution in [3.8, 4) is 0 Å². The molecular weight excluding hydrogens is 195 g/mol. The van der Waals surface area contributed by atoms with Crippen LogP contribution in [0.3, 0.4) is 0 Å². The van der Waals surface area contributed by atoms with Crippen molar-refractivity contribution in [1.82, 2.24) is 0 Å². The zero-order chi connectivity index (χ0) is 9.84. The van der Waals surface area contributed by atoms with E-state index in [4.69, 9.17) is 0 Å². The van der Waals surface area contributed by atoms with Gasteiger partial charge in [0.15, 0.2) is 0 Å². The number of alkyl halides is 1. The van der Waals surface area contributed by atoms with E-state index in [9.17, 15) is 13.2 Å². The van der Waals surface area contributed by atoms with Crippen molar-refractivity contribution in [2.45, 2.75) is 32.4 Å². The van der Waals surface area contributed by atoms with Crippen LogP contribution in [0, 0.1) is 11.8 Å². The van der Waals surface area contributed by atoms with E-state index in [2.05, 4.69) is 4.18 Å². The lowest BCUT2D eigenvalue weighted by Gasteiger charge is -2.30. The van der Waals surface area contributed by atoms with Crippen LogP contribution in [-0.2, 0) is 15.5 Å². The van der Waals surface area contributed by atoms with Crippen LogP contribution < -0.4 is 0 Å². The number of hydrogen-bond acceptors (Lipinski definition) is 3. The fourth-order valence-corrected chi connectivity index (χ4v) is 2.07. The normalized spacial score (nSPS) is 37.3. The van der Waals surface area contributed by atoms with Crippen LogP contribution in [0.5, 0.6) is 0 Å². The van der Waals surface area contributed by atoms with Gasteiger partial charge in [-0.15, -0.1) is 0 Å². The van der Waals surface area contributed by atoms with Crippen LogP contribution in [0.1, 0.15) is 26.2 Å². The molecule has 0 N–H and O–H groups in total. The van der Waals surface area contributed by atoms with Gasteiger partial charge in [-0.1, -0.05) is 6.92 Å². The molecule has 0 saturated heterocycles. The predicted molar refractivity (Wildman–Crippen MR) is 46.3 cm³/mol. The summed E-state index contributed by atoms with van der Waals surface area (Å²) in [4.78, 5) is 0. The molecular formula is C8H14FO3S-. The molecule has 5 heteroatoms. The Labute approximate surface area is 80.2 Å². The number of halogens is 1. The smallest absolute Gasteiger partial charge is 0.100 e. The lowest BCUT2D eigenvalue weighted by atomic mass is 9.80. The van der Waals surface area contributed by atoms with Crippen molar-refractivity contribution in [3.63, 3.8) is 0 Å². The molecule has 0 amide bonds. The van der Waals surface area contributed by atoms with E-state index < -0.39 is 17.5 Å². The molecule has 3 nitrogen and oxygen atoms in total. The fraction of sp³-hybridized carbons (Fsp3) is 1.00. The lowest BCUT2D eigenvalue weighted by molar-refractivity contribution is 0.109. The quantitative estimate of drug-likeness (QED) is 0.663. The van der Waals surface area contributed by atoms with Crippen molar-refractivity contribution in [2.75, 3.05) is 6.61 Å². The minimum Gasteiger partial charge on any atom is -0.750 e. The van der Waals surface area contributed by atoms with Crippen molar-refractivity contribution in [2.24, 2.45) is 11.8 Å². The van der Waals surface area contributed by atoms with Gasteiger partial charge in [0.25, 0.3) is 0 Å². The third-order valence-corrected chi connectivity index (χ3v) is 2.99. The monoisotopic (exact) mass is 209 g/mol. The summed E-state index contributed by atoms with van der Waals surface area (Å²) in [7, 11) is 0. The highest BCUT2D eigenvalue weighted by molar-refractivity contribution is 7.74. The molecule has 0 heterocycles. The zero-order valence-corrected chi connectivity index (χ0v) is 8.39. The van der Waals surface area contributed by atoms with Crippen molar-refractivity contribution >= 4 is 11.4 Å². The second kappa shape index (κ2) is 5.02. The Kier molecular flexibility index (Phi) is 4.28. The first-order valence-corrected chi connectivity index (χ1v) is 5.46. The molecule has 1 saturated carbocycles. The largest absolute Gasteiger partial charge is 0.750 e. The molecule has 4 atom stereocenters. The molecule has 0 spiro atoms. The Balaban J connectivity index is 2.29. The van der Waals surface area contributed by atoms with Gasteiger partial charge in [0.1, 0.15) is 6.17 Å². The Hall–Kier alpha value is -0.0000000000000000486. The number of hydrogen-bond donors (Lipinski definition) is 0. The minimum absolute atomic E-state index is 0.185. The van der Waals surface area contributed by atoms with E-state index in [0.717, 1.165) is 6.42 Å². The summed E-state index contributed by atoms with van der Waals surface area (Å²) in [6, 6.07) is 0. The van der Waals surface area contributed by atoms with E-state index in [1.54, 1.807) is 0 Å². The second-order valence-electron chi connectivity index (χ2n) is 3.64. The summed E-state index contributed by atoms with van der Waals surface area (Å²) in [5.74, 6) is 0.400. The van der Waals surface area contributed by atoms with Crippen molar-refractivity contribution in [1.29, 1.82) is 0 Å². The molecule has 0 aliphatic heterocycles. The molecule has 78 valence electrons. The third-order valence-electron chi connectivity index (χ3n) is 2.66. The number of rotatable bonds is 3. The van der Waals surface area contributed by atoms with E-state index in [0.29, 0.717) is 12.8 Å². The van der Waals surface area contributed by atoms with Crippen LogP contribution >= 0.6 is 0 Å². The molecule has 1 rings (SSSR count). The molecule has 1 fully saturated rings. The Morgan fingerprint density at radius 1 is 1.62 bits per heavy atom. The fourth-order valence-electron chi connectivity index (χ4n) is 1.78. The highest BCUT2D eigenvalue weighted by atomic mass is 32.2. The van der Waals surface area contributed by atoms with Gasteiger partial charge in [-0.3, -0.25) is 0 Å². The predicted octanol–water partition coefficient (Wildman–Crippen LogP) is 1.57. The third kappa shape index (κ3) is 3.70. The van der Waals surface area contributed by atoms with Crippen molar-refractivity contribution in [3.05, 3.63) is 0 Å². The summed E-state index contributed by atoms with van der Waals surface area (Å²) in [5, 5.41) is 0. The van der Waals surface area contributed by atoms with Gasteiger partial charge < -0.3 is 8.74 Å². The second-order valence-corrected chi connectivity index (χ2v) is 4.28. The van der Waals surface area contributed by atoms with Gasteiger partial charge in [-0.25, -0.2) is 8.60 Å². The molecule has 0 aromatic rings. The molecule has 0 radical (unpaired) electrons. The van der Waals surface area contributed by atoms with E-state index >= 15 is 0 Å². The Morgan fingerprint density at radius 2 is 2.31 bits per heavy atom. The molecule has 0 bridgehead atoms. The average molecular weight is 209 g/mol. The zero-order valence-electron chi connectivity index (χ0n) is 7.57. The average Bonchev–Trinajstić information content (AvgIpc) is 2.02. The van der Waals surface area contributed by atoms with E-state index in [-0.39, 0.29) is 18.4 Å². The highest BCUT2D eigenvalue weighted by Gasteiger charge is 2.27. The van der Waals surface area contributed by atoms with E-state index in [1.807, 2.05) is 6.92 Å². The standard InChI is InChI=1S/C8H15FO3S/c1-6-4-8(9)3-2-7(6)5-12-13(10)11/h6-8H,2-5H2,1H3,(H,10,11)/p-1. The summed E-state index contributed by atoms with van der Waals surface area (Å²) in [5.41, 5.74) is 0. The molecule has 1 aliphatic rings. The molecule has 13 heavy (non-hydrogen) atoms. The first-order chi connectivity index (χ1) is 6.09. The summed E-state index contributed by atoms with van der Waals surface area (Å²) >= 11 is -2.43. The van der Waals surface area contributed by atoms with Crippen LogP contribution in [0.25, 0.3) is 0 Å². The molecule has 4 unspecified atom stereocenters. The molecule has 1 aliphatic carbocycles. The van der Waals surface area contributed by atoms with Gasteiger partial charge in [-0.2, -0.15) is 0 Å². The van der Waals surface area contributed by atoms with E-state index in [1.165, 1.54) is 0 Å². The Bertz CT molecular complexity index is 188. The summed E-state index contributed by atoms with van der Waals surface area (Å²) < 4.78 is 37.6. The molecule has 0 aromatic carbocycles. The summed E-state index contributed by atoms with van der Waals surface area (Å²) in [6.45, 7) is 2.14. The van der Waals surface area contributed by atoms with Crippen LogP contribution in [-0.4, -0.2) is 21.5 Å². The first-order valence-electron chi connectivity index (χ1n) is 4.46. The van der Waals surface area contributed by atoms with Gasteiger partial charge in [-0.05, 0) is 31.1 Å². The van der Waals surface area contributed by atoms with Crippen LogP contribution in [0.4, 0.5) is 4.39 Å². The van der Waals surface area contributed by atoms with Gasteiger partial charge in [0, 0.05) is 0 Å². The minimum atomic E-state index is -2.43. The SMILES string of the molecule is CC1CC(F)CCC1COS(=O)[O-]. The first kappa shape index (κ1) is 11.1. The topological polar surface area (TPSA) is 49.4 Å². The van der Waals surface area contributed by atoms with Gasteiger partial charge >= 0.3 is 0 Å². The van der Waals surface area contributed by atoms with Gasteiger partial charge in [0.05, 0.1) is 18.0 Å². The maximum Gasteiger partial charge on any atom is 0.100 e. The van der Waals surface area contributed by atoms with Gasteiger partial charge in [0.2, 0.25) is 0 Å². The maximum atomic E-state index is 12.8. The van der Waals surface area contributed by atoms with Crippen molar-refractivity contribution < 1.29 is 17.3 Å². The van der Waals surface area contributed by atoms with Crippen LogP contribution in [0.2, 0.25) is 0 Å². The Morgan fingerprint density at radius 3 is 2.85 bits per heavy atom. The molecule has 0 aromatic heterocycles.